The zero-order chi connectivity index (χ0) is 15.8. The van der Waals surface area contributed by atoms with Crippen molar-refractivity contribution in [2.45, 2.75) is 0 Å². The van der Waals surface area contributed by atoms with Crippen LogP contribution >= 0.6 is 7.82 Å². The van der Waals surface area contributed by atoms with Gasteiger partial charge in [0.2, 0.25) is 6.79 Å². The van der Waals surface area contributed by atoms with Crippen LogP contribution in [0.25, 0.3) is 10.9 Å². The molecule has 0 fully saturated rings. The molecule has 2 heterocycles. The van der Waals surface area contributed by atoms with Crippen molar-refractivity contribution < 1.29 is 28.4 Å². The fourth-order valence-electron chi connectivity index (χ4n) is 1.48. The van der Waals surface area contributed by atoms with E-state index in [1.165, 1.54) is 10.9 Å². The summed E-state index contributed by atoms with van der Waals surface area (Å²) < 4.78 is 20.3. The number of aryl methyl sites for hydroxylation is 1. The average molecular weight is 319 g/mol. The minimum atomic E-state index is -4.79. The third-order valence-corrected chi connectivity index (χ3v) is 2.72. The fraction of sp³-hybridized carbons (Fsp3) is 0.250. The van der Waals surface area contributed by atoms with E-state index in [1.54, 1.807) is 7.05 Å². The molecule has 21 heavy (non-hydrogen) atoms. The van der Waals surface area contributed by atoms with Crippen LogP contribution in [0.3, 0.4) is 0 Å². The van der Waals surface area contributed by atoms with Crippen molar-refractivity contribution in [3.63, 3.8) is 0 Å². The molecule has 0 spiro atoms. The van der Waals surface area contributed by atoms with E-state index in [1.807, 2.05) is 0 Å². The number of hydrogen-bond donors (Lipinski definition) is 3. The van der Waals surface area contributed by atoms with Gasteiger partial charge in [-0.25, -0.2) is 13.9 Å². The zero-order valence-electron chi connectivity index (χ0n) is 10.5. The molecule has 4 N–H and O–H groups in total. The standard InChI is InChI=1S/C8H10N5O7P/c1-12-2-4-5(10-12)6(9)11-13(7(4)14)8(15)19-3-20-21(16,17)18/h2H,3H2,1H3,(H2,9,11)(H2,16,17,18). The second kappa shape index (κ2) is 5.26. The lowest BCUT2D eigenvalue weighted by molar-refractivity contribution is 0.0385. The Kier molecular flexibility index (Phi) is 3.78. The van der Waals surface area contributed by atoms with Gasteiger partial charge in [-0.1, -0.05) is 0 Å². The monoisotopic (exact) mass is 319 g/mol. The molecular weight excluding hydrogens is 309 g/mol. The van der Waals surface area contributed by atoms with E-state index in [0.717, 1.165) is 0 Å². The third-order valence-electron chi connectivity index (χ3n) is 2.28. The normalized spacial score (nSPS) is 11.8. The number of nitrogens with two attached hydrogens (primary N) is 1. The fourth-order valence-corrected chi connectivity index (χ4v) is 1.67. The van der Waals surface area contributed by atoms with Crippen LogP contribution in [0.2, 0.25) is 0 Å². The first kappa shape index (κ1) is 15.1. The van der Waals surface area contributed by atoms with Gasteiger partial charge in [0.25, 0.3) is 5.56 Å². The highest BCUT2D eigenvalue weighted by Gasteiger charge is 2.19. The first-order chi connectivity index (χ1) is 9.69. The smallest absolute Gasteiger partial charge is 0.420 e. The molecule has 0 aromatic carbocycles. The van der Waals surface area contributed by atoms with Crippen molar-refractivity contribution in [1.82, 2.24) is 19.6 Å². The number of hydrogen-bond acceptors (Lipinski definition) is 8. The van der Waals surface area contributed by atoms with E-state index >= 15 is 0 Å². The second-order valence-corrected chi connectivity index (χ2v) is 5.05. The van der Waals surface area contributed by atoms with Gasteiger partial charge in [-0.3, -0.25) is 9.48 Å². The van der Waals surface area contributed by atoms with Gasteiger partial charge < -0.3 is 20.3 Å². The Morgan fingerprint density at radius 2 is 2.14 bits per heavy atom. The molecule has 0 radical (unpaired) electrons. The summed E-state index contributed by atoms with van der Waals surface area (Å²) in [6.07, 6.45) is 0.0388. The lowest BCUT2D eigenvalue weighted by atomic mass is 10.3. The van der Waals surface area contributed by atoms with Crippen LogP contribution < -0.4 is 11.3 Å². The molecule has 12 nitrogen and oxygen atoms in total. The highest BCUT2D eigenvalue weighted by Crippen LogP contribution is 2.35. The first-order valence-electron chi connectivity index (χ1n) is 5.28. The van der Waals surface area contributed by atoms with Crippen molar-refractivity contribution in [2.75, 3.05) is 12.5 Å². The van der Waals surface area contributed by atoms with Crippen molar-refractivity contribution in [1.29, 1.82) is 0 Å². The molecule has 0 atom stereocenters. The molecule has 0 unspecified atom stereocenters. The molecule has 0 aliphatic heterocycles. The molecule has 0 aliphatic rings. The Hall–Kier alpha value is -2.27. The summed E-state index contributed by atoms with van der Waals surface area (Å²) in [5, 5.41) is 7.46. The molecule has 0 bridgehead atoms. The minimum absolute atomic E-state index is 0.0397. The Bertz CT molecular complexity index is 805. The van der Waals surface area contributed by atoms with Crippen LogP contribution in [0.4, 0.5) is 10.6 Å². The van der Waals surface area contributed by atoms with E-state index < -0.39 is 26.3 Å². The number of anilines is 1. The number of carbonyl (C=O) groups excluding carboxylic acids is 1. The van der Waals surface area contributed by atoms with Gasteiger partial charge in [-0.15, -0.1) is 9.78 Å². The van der Waals surface area contributed by atoms with Gasteiger partial charge >= 0.3 is 13.9 Å². The molecule has 114 valence electrons. The number of carbonyl (C=O) groups is 1. The van der Waals surface area contributed by atoms with Crippen LogP contribution in [0.15, 0.2) is 11.0 Å². The molecule has 2 aromatic heterocycles. The Morgan fingerprint density at radius 3 is 2.76 bits per heavy atom. The van der Waals surface area contributed by atoms with Gasteiger partial charge in [0.1, 0.15) is 5.52 Å². The van der Waals surface area contributed by atoms with Crippen LogP contribution in [0, 0.1) is 0 Å². The predicted molar refractivity (Wildman–Crippen MR) is 67.1 cm³/mol. The summed E-state index contributed by atoms with van der Waals surface area (Å²) in [6.45, 7) is -1.05. The third kappa shape index (κ3) is 3.25. The highest BCUT2D eigenvalue weighted by molar-refractivity contribution is 7.46. The summed E-state index contributed by atoms with van der Waals surface area (Å²) in [4.78, 5) is 40.5. The maximum atomic E-state index is 12.0. The van der Waals surface area contributed by atoms with Crippen LogP contribution in [-0.4, -0.2) is 42.2 Å². The number of phosphoric acid groups is 1. The van der Waals surface area contributed by atoms with Crippen molar-refractivity contribution in [2.24, 2.45) is 7.05 Å². The van der Waals surface area contributed by atoms with E-state index in [-0.39, 0.29) is 16.7 Å². The summed E-state index contributed by atoms with van der Waals surface area (Å²) in [6, 6.07) is 0. The first-order valence-corrected chi connectivity index (χ1v) is 6.81. The van der Waals surface area contributed by atoms with Gasteiger partial charge in [-0.05, 0) is 0 Å². The number of rotatable bonds is 3. The molecule has 0 aliphatic carbocycles. The molecular formula is C8H10N5O7P. The number of ether oxygens (including phenoxy) is 1. The van der Waals surface area contributed by atoms with Crippen molar-refractivity contribution >= 4 is 30.6 Å². The number of fused-ring (bicyclic) bond motifs is 1. The molecule has 0 amide bonds. The topological polar surface area (TPSA) is 172 Å². The molecule has 2 rings (SSSR count). The Balaban J connectivity index is 2.30. The van der Waals surface area contributed by atoms with Gasteiger partial charge in [-0.2, -0.15) is 5.10 Å². The summed E-state index contributed by atoms with van der Waals surface area (Å²) >= 11 is 0. The molecule has 0 saturated heterocycles. The van der Waals surface area contributed by atoms with Crippen molar-refractivity contribution in [3.05, 3.63) is 16.6 Å². The number of aromatic nitrogens is 4. The molecule has 0 saturated carbocycles. The lowest BCUT2D eigenvalue weighted by Gasteiger charge is -2.07. The van der Waals surface area contributed by atoms with Gasteiger partial charge in [0.15, 0.2) is 5.82 Å². The molecule has 13 heteroatoms. The van der Waals surface area contributed by atoms with E-state index in [9.17, 15) is 14.2 Å². The van der Waals surface area contributed by atoms with Gasteiger partial charge in [0, 0.05) is 13.2 Å². The highest BCUT2D eigenvalue weighted by atomic mass is 31.2. The van der Waals surface area contributed by atoms with E-state index in [2.05, 4.69) is 19.5 Å². The SMILES string of the molecule is Cn1cc2c(=O)n(C(=O)OCOP(=O)(O)O)nc(N)c2n1. The predicted octanol–water partition coefficient (Wildman–Crippen LogP) is -1.24. The largest absolute Gasteiger partial charge is 0.472 e. The van der Waals surface area contributed by atoms with E-state index in [4.69, 9.17) is 15.5 Å². The number of nitrogen functional groups attached to an aromatic ring is 1. The molecule has 2 aromatic rings. The van der Waals surface area contributed by atoms with Crippen LogP contribution in [0.5, 0.6) is 0 Å². The maximum Gasteiger partial charge on any atom is 0.472 e. The summed E-state index contributed by atoms with van der Waals surface area (Å²) in [7, 11) is -3.24. The minimum Gasteiger partial charge on any atom is -0.420 e. The van der Waals surface area contributed by atoms with Crippen LogP contribution in [-0.2, 0) is 20.9 Å². The van der Waals surface area contributed by atoms with Crippen LogP contribution in [0.1, 0.15) is 0 Å². The van der Waals surface area contributed by atoms with E-state index in [0.29, 0.717) is 4.68 Å². The number of phosphoric ester groups is 1. The Morgan fingerprint density at radius 1 is 1.48 bits per heavy atom. The zero-order valence-corrected chi connectivity index (χ0v) is 11.4. The Labute approximate surface area is 115 Å². The van der Waals surface area contributed by atoms with Crippen molar-refractivity contribution in [3.8, 4) is 0 Å². The maximum absolute atomic E-state index is 12.0. The summed E-state index contributed by atoms with van der Waals surface area (Å²) in [5.74, 6) is -0.182. The van der Waals surface area contributed by atoms with Gasteiger partial charge in [0.05, 0.1) is 5.39 Å². The number of nitrogens with zero attached hydrogens (tertiary/aromatic N) is 4. The summed E-state index contributed by atoms with van der Waals surface area (Å²) in [5.41, 5.74) is 4.85. The lowest BCUT2D eigenvalue weighted by Crippen LogP contribution is -2.31. The second-order valence-electron chi connectivity index (χ2n) is 3.82. The average Bonchev–Trinajstić information content (AvgIpc) is 2.74. The quantitative estimate of drug-likeness (QED) is 0.459.